The van der Waals surface area contributed by atoms with Gasteiger partial charge >= 0.3 is 5.97 Å². The molecule has 216 valence electrons. The quantitative estimate of drug-likeness (QED) is 0.257. The molecule has 2 bridgehead atoms. The number of benzene rings is 3. The molecule has 2 saturated heterocycles. The fourth-order valence-electron chi connectivity index (χ4n) is 6.49. The molecule has 1 amide bonds. The lowest BCUT2D eigenvalue weighted by molar-refractivity contribution is -0.141. The molecule has 2 aliphatic rings. The van der Waals surface area contributed by atoms with Crippen LogP contribution in [0, 0.1) is 5.92 Å². The van der Waals surface area contributed by atoms with Gasteiger partial charge in [0.25, 0.3) is 5.91 Å². The Morgan fingerprint density at radius 1 is 0.902 bits per heavy atom. The summed E-state index contributed by atoms with van der Waals surface area (Å²) in [5, 5.41) is 13.0. The summed E-state index contributed by atoms with van der Waals surface area (Å²) >= 11 is 0. The number of carboxylic acid groups (broad SMARTS) is 1. The van der Waals surface area contributed by atoms with E-state index >= 15 is 0 Å². The molecule has 41 heavy (non-hydrogen) atoms. The largest absolute Gasteiger partial charge is 0.493 e. The van der Waals surface area contributed by atoms with E-state index in [-0.39, 0.29) is 5.91 Å². The minimum Gasteiger partial charge on any atom is -0.493 e. The molecule has 1 atom stereocenters. The highest BCUT2D eigenvalue weighted by atomic mass is 16.5. The number of ether oxygens (including phenoxy) is 1. The van der Waals surface area contributed by atoms with E-state index in [0.29, 0.717) is 43.6 Å². The van der Waals surface area contributed by atoms with Crippen LogP contribution in [0.15, 0.2) is 72.8 Å². The number of anilines is 1. The number of rotatable bonds is 12. The molecular formula is C35H42N2O4. The van der Waals surface area contributed by atoms with E-state index in [1.807, 2.05) is 60.7 Å². The highest BCUT2D eigenvalue weighted by molar-refractivity contribution is 5.94. The van der Waals surface area contributed by atoms with Crippen molar-refractivity contribution >= 4 is 17.6 Å². The Morgan fingerprint density at radius 2 is 1.56 bits per heavy atom. The van der Waals surface area contributed by atoms with Crippen molar-refractivity contribution in [3.63, 3.8) is 0 Å². The predicted molar refractivity (Wildman–Crippen MR) is 163 cm³/mol. The van der Waals surface area contributed by atoms with E-state index < -0.39 is 11.9 Å². The molecule has 0 aliphatic carbocycles. The number of hydrogen-bond acceptors (Lipinski definition) is 4. The summed E-state index contributed by atoms with van der Waals surface area (Å²) in [6, 6.07) is 24.9. The van der Waals surface area contributed by atoms with Crippen LogP contribution in [0.1, 0.15) is 78.9 Å². The average molecular weight is 555 g/mol. The van der Waals surface area contributed by atoms with Crippen molar-refractivity contribution in [2.75, 3.05) is 11.5 Å². The zero-order valence-electron chi connectivity index (χ0n) is 24.1. The second-order valence-electron chi connectivity index (χ2n) is 11.5. The zero-order chi connectivity index (χ0) is 28.6. The second-order valence-corrected chi connectivity index (χ2v) is 11.5. The number of nitrogens with one attached hydrogen (secondary N) is 1. The lowest BCUT2D eigenvalue weighted by atomic mass is 9.84. The van der Waals surface area contributed by atoms with Gasteiger partial charge in [0.1, 0.15) is 5.75 Å². The monoisotopic (exact) mass is 554 g/mol. The van der Waals surface area contributed by atoms with Crippen LogP contribution >= 0.6 is 0 Å². The van der Waals surface area contributed by atoms with Crippen LogP contribution in [-0.4, -0.2) is 35.7 Å². The topological polar surface area (TPSA) is 78.9 Å². The first-order valence-corrected chi connectivity index (χ1v) is 15.2. The van der Waals surface area contributed by atoms with Gasteiger partial charge in [0.05, 0.1) is 12.5 Å². The third-order valence-electron chi connectivity index (χ3n) is 8.55. The summed E-state index contributed by atoms with van der Waals surface area (Å²) in [7, 11) is 0. The normalized spacial score (nSPS) is 18.9. The molecule has 0 aromatic heterocycles. The molecule has 0 unspecified atom stereocenters. The van der Waals surface area contributed by atoms with Crippen LogP contribution in [0.3, 0.4) is 0 Å². The maximum absolute atomic E-state index is 13.1. The van der Waals surface area contributed by atoms with Crippen LogP contribution in [0.2, 0.25) is 0 Å². The molecule has 2 fully saturated rings. The number of carboxylic acids is 1. The van der Waals surface area contributed by atoms with Gasteiger partial charge in [-0.2, -0.15) is 0 Å². The summed E-state index contributed by atoms with van der Waals surface area (Å²) in [6.45, 7) is 2.93. The van der Waals surface area contributed by atoms with Gasteiger partial charge in [0.2, 0.25) is 0 Å². The summed E-state index contributed by atoms with van der Waals surface area (Å²) in [6.07, 6.45) is 9.43. The summed E-state index contributed by atoms with van der Waals surface area (Å²) < 4.78 is 5.97. The number of carbonyl (C=O) groups is 2. The Hall–Kier alpha value is -3.80. The van der Waals surface area contributed by atoms with Crippen LogP contribution < -0.4 is 15.0 Å². The molecule has 2 aliphatic heterocycles. The van der Waals surface area contributed by atoms with Crippen LogP contribution in [-0.2, 0) is 24.2 Å². The van der Waals surface area contributed by atoms with E-state index in [4.69, 9.17) is 4.74 Å². The molecule has 3 aromatic rings. The summed E-state index contributed by atoms with van der Waals surface area (Å²) in [4.78, 5) is 27.8. The molecule has 5 rings (SSSR count). The number of fused-ring (bicyclic) bond motifs is 2. The van der Waals surface area contributed by atoms with Crippen molar-refractivity contribution in [3.05, 3.63) is 95.1 Å². The van der Waals surface area contributed by atoms with Crippen molar-refractivity contribution in [1.29, 1.82) is 0 Å². The fraction of sp³-hybridized carbons (Fsp3) is 0.429. The van der Waals surface area contributed by atoms with Crippen molar-refractivity contribution in [2.24, 2.45) is 5.92 Å². The maximum atomic E-state index is 13.1. The van der Waals surface area contributed by atoms with Gasteiger partial charge in [0.15, 0.2) is 0 Å². The van der Waals surface area contributed by atoms with Gasteiger partial charge in [0, 0.05) is 35.4 Å². The van der Waals surface area contributed by atoms with Gasteiger partial charge in [-0.25, -0.2) is 0 Å². The van der Waals surface area contributed by atoms with Gasteiger partial charge in [-0.1, -0.05) is 49.4 Å². The number of piperidine rings is 2. The minimum atomic E-state index is -0.813. The standard InChI is InChI=1S/C35H42N2O4/c1-2-20-41-33-19-14-26(22-28(35(39)40)21-25-8-4-3-5-9-25)23-29(33)24-36-34(38)27-15-17-32(18-16-27)37-30-10-6-11-31(37)13-7-12-30/h3-5,8-9,14-19,23,28,30-31H,2,6-7,10-13,20-22,24H2,1H3,(H,36,38)(H,39,40)/t28-,30?,31?/m1/s1. The van der Waals surface area contributed by atoms with Gasteiger partial charge in [-0.15, -0.1) is 0 Å². The van der Waals surface area contributed by atoms with Crippen LogP contribution in [0.4, 0.5) is 5.69 Å². The number of hydrogen-bond donors (Lipinski definition) is 2. The molecule has 0 saturated carbocycles. The molecular weight excluding hydrogens is 512 g/mol. The lowest BCUT2D eigenvalue weighted by Gasteiger charge is -2.47. The number of nitrogens with zero attached hydrogens (tertiary/aromatic N) is 1. The Morgan fingerprint density at radius 3 is 2.20 bits per heavy atom. The first-order chi connectivity index (χ1) is 20.0. The molecule has 6 heteroatoms. The summed E-state index contributed by atoms with van der Waals surface area (Å²) in [5.41, 5.74) is 4.63. The van der Waals surface area contributed by atoms with Gasteiger partial charge < -0.3 is 20.1 Å². The SMILES string of the molecule is CCCOc1ccc(C[C@@H](Cc2ccccc2)C(=O)O)cc1CNC(=O)c1ccc(N2C3CCCC2CCC3)cc1. The van der Waals surface area contributed by atoms with E-state index in [1.54, 1.807) is 0 Å². The smallest absolute Gasteiger partial charge is 0.307 e. The van der Waals surface area contributed by atoms with E-state index in [2.05, 4.69) is 29.3 Å². The van der Waals surface area contributed by atoms with Crippen LogP contribution in [0.5, 0.6) is 5.75 Å². The van der Waals surface area contributed by atoms with E-state index in [0.717, 1.165) is 28.9 Å². The van der Waals surface area contributed by atoms with Crippen molar-refractivity contribution < 1.29 is 19.4 Å². The first kappa shape index (κ1) is 28.7. The van der Waals surface area contributed by atoms with E-state index in [9.17, 15) is 14.7 Å². The number of amides is 1. The lowest BCUT2D eigenvalue weighted by Crippen LogP contribution is -2.49. The Labute approximate surface area is 243 Å². The molecule has 2 heterocycles. The maximum Gasteiger partial charge on any atom is 0.307 e. The van der Waals surface area contributed by atoms with Crippen molar-refractivity contribution in [3.8, 4) is 5.75 Å². The minimum absolute atomic E-state index is 0.130. The second kappa shape index (κ2) is 13.7. The number of carbonyl (C=O) groups excluding carboxylic acids is 1. The van der Waals surface area contributed by atoms with E-state index in [1.165, 1.54) is 44.2 Å². The first-order valence-electron chi connectivity index (χ1n) is 15.2. The number of aliphatic carboxylic acids is 1. The Balaban J connectivity index is 1.26. The average Bonchev–Trinajstić information content (AvgIpc) is 2.99. The third kappa shape index (κ3) is 7.29. The van der Waals surface area contributed by atoms with Gasteiger partial charge in [-0.05, 0) is 99.2 Å². The highest BCUT2D eigenvalue weighted by Gasteiger charge is 2.33. The molecule has 6 nitrogen and oxygen atoms in total. The fourth-order valence-corrected chi connectivity index (χ4v) is 6.49. The molecule has 2 N–H and O–H groups in total. The Bertz CT molecular complexity index is 1290. The van der Waals surface area contributed by atoms with Gasteiger partial charge in [-0.3, -0.25) is 9.59 Å². The third-order valence-corrected chi connectivity index (χ3v) is 8.55. The zero-order valence-corrected chi connectivity index (χ0v) is 24.1. The predicted octanol–water partition coefficient (Wildman–Crippen LogP) is 6.80. The summed E-state index contributed by atoms with van der Waals surface area (Å²) in [5.74, 6) is -0.764. The van der Waals surface area contributed by atoms with Crippen molar-refractivity contribution in [2.45, 2.75) is 83.3 Å². The Kier molecular flexibility index (Phi) is 9.60. The molecule has 0 spiro atoms. The molecule has 0 radical (unpaired) electrons. The highest BCUT2D eigenvalue weighted by Crippen LogP contribution is 2.37. The van der Waals surface area contributed by atoms with Crippen LogP contribution in [0.25, 0.3) is 0 Å². The van der Waals surface area contributed by atoms with Crippen molar-refractivity contribution in [1.82, 2.24) is 5.32 Å². The molecule has 3 aromatic carbocycles.